The predicted molar refractivity (Wildman–Crippen MR) is 96.5 cm³/mol. The number of nitrogens with zero attached hydrogens (tertiary/aromatic N) is 1. The minimum absolute atomic E-state index is 0.121. The van der Waals surface area contributed by atoms with Crippen LogP contribution in [0, 0.1) is 0 Å². The highest BCUT2D eigenvalue weighted by Gasteiger charge is 2.10. The number of aromatic nitrogens is 2. The summed E-state index contributed by atoms with van der Waals surface area (Å²) < 4.78 is 7.02. The lowest BCUT2D eigenvalue weighted by Gasteiger charge is -2.16. The van der Waals surface area contributed by atoms with E-state index >= 15 is 0 Å². The molecule has 0 saturated heterocycles. The second-order valence-electron chi connectivity index (χ2n) is 5.52. The molecular formula is C19H15BrN2O. The lowest BCUT2D eigenvalue weighted by Crippen LogP contribution is -2.13. The van der Waals surface area contributed by atoms with E-state index in [0.717, 1.165) is 38.7 Å². The van der Waals surface area contributed by atoms with E-state index in [1.165, 1.54) is 0 Å². The topological polar surface area (TPSA) is 37.9 Å². The molecule has 1 heterocycles. The Kier molecular flexibility index (Phi) is 3.75. The minimum atomic E-state index is 0.121. The number of aromatic amines is 1. The molecule has 4 rings (SSSR count). The SMILES string of the molecule is Brc1cc(-c2ccc(OC3C=CC=CC3)cc2)c2[nH]ncc2c1. The van der Waals surface area contributed by atoms with Crippen molar-refractivity contribution in [2.24, 2.45) is 0 Å². The highest BCUT2D eigenvalue weighted by atomic mass is 79.9. The lowest BCUT2D eigenvalue weighted by atomic mass is 10.0. The second-order valence-corrected chi connectivity index (χ2v) is 6.43. The van der Waals surface area contributed by atoms with E-state index in [-0.39, 0.29) is 6.10 Å². The average Bonchev–Trinajstić information content (AvgIpc) is 3.04. The number of allylic oxidation sites excluding steroid dienone is 2. The van der Waals surface area contributed by atoms with Crippen LogP contribution in [0.25, 0.3) is 22.0 Å². The summed E-state index contributed by atoms with van der Waals surface area (Å²) in [7, 11) is 0. The molecule has 4 heteroatoms. The Labute approximate surface area is 142 Å². The Morgan fingerprint density at radius 2 is 2.00 bits per heavy atom. The quantitative estimate of drug-likeness (QED) is 0.686. The van der Waals surface area contributed by atoms with Crippen LogP contribution in [0.3, 0.4) is 0 Å². The average molecular weight is 367 g/mol. The molecule has 0 amide bonds. The maximum atomic E-state index is 5.97. The smallest absolute Gasteiger partial charge is 0.121 e. The monoisotopic (exact) mass is 366 g/mol. The number of rotatable bonds is 3. The molecule has 1 aliphatic rings. The van der Waals surface area contributed by atoms with Crippen molar-refractivity contribution in [2.45, 2.75) is 12.5 Å². The van der Waals surface area contributed by atoms with Crippen LogP contribution in [0.5, 0.6) is 5.75 Å². The van der Waals surface area contributed by atoms with Crippen LogP contribution >= 0.6 is 15.9 Å². The summed E-state index contributed by atoms with van der Waals surface area (Å²) in [4.78, 5) is 0. The zero-order chi connectivity index (χ0) is 15.6. The largest absolute Gasteiger partial charge is 0.486 e. The Bertz CT molecular complexity index is 893. The van der Waals surface area contributed by atoms with Crippen LogP contribution in [0.2, 0.25) is 0 Å². The number of ether oxygens (including phenoxy) is 1. The van der Waals surface area contributed by atoms with E-state index in [2.05, 4.69) is 62.5 Å². The molecule has 3 aromatic rings. The number of nitrogens with one attached hydrogen (secondary N) is 1. The van der Waals surface area contributed by atoms with Crippen LogP contribution < -0.4 is 4.74 Å². The molecule has 0 aliphatic heterocycles. The molecule has 1 aromatic heterocycles. The van der Waals surface area contributed by atoms with E-state index in [9.17, 15) is 0 Å². The molecule has 114 valence electrons. The fourth-order valence-electron chi connectivity index (χ4n) is 2.78. The molecule has 3 nitrogen and oxygen atoms in total. The van der Waals surface area contributed by atoms with Gasteiger partial charge in [0.25, 0.3) is 0 Å². The summed E-state index contributed by atoms with van der Waals surface area (Å²) in [5.74, 6) is 0.884. The Balaban J connectivity index is 1.63. The van der Waals surface area contributed by atoms with Crippen molar-refractivity contribution < 1.29 is 4.74 Å². The van der Waals surface area contributed by atoms with Gasteiger partial charge in [-0.15, -0.1) is 0 Å². The minimum Gasteiger partial charge on any atom is -0.486 e. The standard InChI is InChI=1S/C19H15BrN2O/c20-15-10-14-12-21-22-19(14)18(11-15)13-6-8-17(9-7-13)23-16-4-2-1-3-5-16/h1-4,6-12,16H,5H2,(H,21,22). The first-order chi connectivity index (χ1) is 11.3. The van der Waals surface area contributed by atoms with E-state index in [0.29, 0.717) is 0 Å². The van der Waals surface area contributed by atoms with E-state index < -0.39 is 0 Å². The third kappa shape index (κ3) is 2.94. The Morgan fingerprint density at radius 1 is 1.13 bits per heavy atom. The van der Waals surface area contributed by atoms with Crippen molar-refractivity contribution in [1.29, 1.82) is 0 Å². The van der Waals surface area contributed by atoms with E-state index in [1.807, 2.05) is 30.5 Å². The van der Waals surface area contributed by atoms with Gasteiger partial charge in [0.15, 0.2) is 0 Å². The summed E-state index contributed by atoms with van der Waals surface area (Å²) in [5, 5.41) is 8.31. The van der Waals surface area contributed by atoms with Crippen LogP contribution in [0.4, 0.5) is 0 Å². The molecule has 23 heavy (non-hydrogen) atoms. The van der Waals surface area contributed by atoms with Gasteiger partial charge in [0.1, 0.15) is 11.9 Å². The highest BCUT2D eigenvalue weighted by Crippen LogP contribution is 2.32. The summed E-state index contributed by atoms with van der Waals surface area (Å²) in [6, 6.07) is 12.4. The van der Waals surface area contributed by atoms with Gasteiger partial charge in [0.2, 0.25) is 0 Å². The van der Waals surface area contributed by atoms with Crippen molar-refractivity contribution in [2.75, 3.05) is 0 Å². The number of fused-ring (bicyclic) bond motifs is 1. The van der Waals surface area contributed by atoms with Crippen molar-refractivity contribution in [1.82, 2.24) is 10.2 Å². The normalized spacial score (nSPS) is 16.8. The van der Waals surface area contributed by atoms with Gasteiger partial charge in [-0.3, -0.25) is 5.10 Å². The van der Waals surface area contributed by atoms with Crippen molar-refractivity contribution in [3.63, 3.8) is 0 Å². The van der Waals surface area contributed by atoms with Crippen molar-refractivity contribution >= 4 is 26.8 Å². The van der Waals surface area contributed by atoms with Gasteiger partial charge in [-0.05, 0) is 35.9 Å². The number of H-pyrrole nitrogens is 1. The first-order valence-electron chi connectivity index (χ1n) is 7.53. The predicted octanol–water partition coefficient (Wildman–Crippen LogP) is 5.26. The molecule has 0 radical (unpaired) electrons. The number of hydrogen-bond donors (Lipinski definition) is 1. The van der Waals surface area contributed by atoms with Crippen molar-refractivity contribution in [3.8, 4) is 16.9 Å². The summed E-state index contributed by atoms with van der Waals surface area (Å²) in [6.45, 7) is 0. The third-order valence-corrected chi connectivity index (χ3v) is 4.37. The van der Waals surface area contributed by atoms with Gasteiger partial charge in [-0.1, -0.05) is 46.3 Å². The van der Waals surface area contributed by atoms with Gasteiger partial charge in [0.05, 0.1) is 11.7 Å². The maximum Gasteiger partial charge on any atom is 0.121 e. The molecule has 0 saturated carbocycles. The zero-order valence-corrected chi connectivity index (χ0v) is 14.0. The van der Waals surface area contributed by atoms with Crippen LogP contribution in [-0.2, 0) is 0 Å². The molecule has 2 aromatic carbocycles. The fourth-order valence-corrected chi connectivity index (χ4v) is 3.26. The maximum absolute atomic E-state index is 5.97. The van der Waals surface area contributed by atoms with Gasteiger partial charge < -0.3 is 4.74 Å². The second kappa shape index (κ2) is 6.05. The zero-order valence-electron chi connectivity index (χ0n) is 12.4. The first kappa shape index (κ1) is 14.3. The van der Waals surface area contributed by atoms with Crippen LogP contribution in [0.15, 0.2) is 71.4 Å². The van der Waals surface area contributed by atoms with Gasteiger partial charge >= 0.3 is 0 Å². The van der Waals surface area contributed by atoms with Gasteiger partial charge in [-0.25, -0.2) is 0 Å². The van der Waals surface area contributed by atoms with Crippen LogP contribution in [0.1, 0.15) is 6.42 Å². The van der Waals surface area contributed by atoms with Crippen molar-refractivity contribution in [3.05, 3.63) is 71.4 Å². The molecule has 1 N–H and O–H groups in total. The molecule has 0 bridgehead atoms. The Hall–Kier alpha value is -2.33. The number of halogens is 1. The van der Waals surface area contributed by atoms with Gasteiger partial charge in [-0.2, -0.15) is 5.10 Å². The number of benzene rings is 2. The summed E-state index contributed by atoms with van der Waals surface area (Å²) >= 11 is 3.57. The molecule has 1 unspecified atom stereocenters. The molecule has 0 spiro atoms. The summed E-state index contributed by atoms with van der Waals surface area (Å²) in [5.41, 5.74) is 3.30. The van der Waals surface area contributed by atoms with Crippen LogP contribution in [-0.4, -0.2) is 16.3 Å². The lowest BCUT2D eigenvalue weighted by molar-refractivity contribution is 0.251. The fraction of sp³-hybridized carbons (Fsp3) is 0.105. The summed E-state index contributed by atoms with van der Waals surface area (Å²) in [6.07, 6.45) is 11.1. The third-order valence-electron chi connectivity index (χ3n) is 3.91. The van der Waals surface area contributed by atoms with E-state index in [1.54, 1.807) is 0 Å². The molecule has 0 fully saturated rings. The number of hydrogen-bond acceptors (Lipinski definition) is 2. The first-order valence-corrected chi connectivity index (χ1v) is 8.32. The van der Waals surface area contributed by atoms with Gasteiger partial charge in [0, 0.05) is 21.8 Å². The Morgan fingerprint density at radius 3 is 2.78 bits per heavy atom. The highest BCUT2D eigenvalue weighted by molar-refractivity contribution is 9.10. The molecular weight excluding hydrogens is 352 g/mol. The molecule has 1 atom stereocenters. The van der Waals surface area contributed by atoms with E-state index in [4.69, 9.17) is 4.74 Å². The molecule has 1 aliphatic carbocycles.